The molecule has 1 atom stereocenters. The molecular formula is C22H22N8O3. The van der Waals surface area contributed by atoms with E-state index in [4.69, 9.17) is 0 Å². The van der Waals surface area contributed by atoms with Gasteiger partial charge in [-0.05, 0) is 24.1 Å². The number of carbonyl (C=O) groups excluding carboxylic acids is 1. The van der Waals surface area contributed by atoms with Gasteiger partial charge in [0.1, 0.15) is 5.69 Å². The minimum Gasteiger partial charge on any atom is -0.465 e. The van der Waals surface area contributed by atoms with Crippen molar-refractivity contribution in [2.45, 2.75) is 31.8 Å². The van der Waals surface area contributed by atoms with Crippen molar-refractivity contribution in [1.29, 1.82) is 5.26 Å². The molecule has 33 heavy (non-hydrogen) atoms. The van der Waals surface area contributed by atoms with Gasteiger partial charge in [0, 0.05) is 37.7 Å². The van der Waals surface area contributed by atoms with Gasteiger partial charge >= 0.3 is 6.09 Å². The molecule has 0 saturated heterocycles. The number of hydrogen-bond acceptors (Lipinski definition) is 6. The highest BCUT2D eigenvalue weighted by atomic mass is 16.4. The SMILES string of the molecule is N#Cc1ccccc1CC1CN(C(=O)O)CCn2nc(C(=O)N3CCc4[nH]nnc4C3)cc21. The predicted octanol–water partition coefficient (Wildman–Crippen LogP) is 1.39. The fraction of sp³-hybridized carbons (Fsp3) is 0.364. The summed E-state index contributed by atoms with van der Waals surface area (Å²) < 4.78 is 1.74. The second kappa shape index (κ2) is 8.38. The lowest BCUT2D eigenvalue weighted by Gasteiger charge is -2.24. The fourth-order valence-electron chi connectivity index (χ4n) is 4.57. The van der Waals surface area contributed by atoms with Crippen molar-refractivity contribution < 1.29 is 14.7 Å². The highest BCUT2D eigenvalue weighted by molar-refractivity contribution is 5.92. The van der Waals surface area contributed by atoms with Crippen LogP contribution in [0.1, 0.15) is 44.6 Å². The van der Waals surface area contributed by atoms with E-state index in [2.05, 4.69) is 26.6 Å². The molecule has 2 amide bonds. The van der Waals surface area contributed by atoms with Crippen LogP contribution in [0.2, 0.25) is 0 Å². The van der Waals surface area contributed by atoms with E-state index in [-0.39, 0.29) is 24.9 Å². The highest BCUT2D eigenvalue weighted by Crippen LogP contribution is 2.28. The number of nitrogens with zero attached hydrogens (tertiary/aromatic N) is 7. The van der Waals surface area contributed by atoms with E-state index in [9.17, 15) is 20.0 Å². The largest absolute Gasteiger partial charge is 0.465 e. The van der Waals surface area contributed by atoms with Crippen molar-refractivity contribution in [1.82, 2.24) is 35.0 Å². The Morgan fingerprint density at radius 2 is 2.06 bits per heavy atom. The standard InChI is InChI=1S/C22H22N8O3/c23-11-15-4-2-1-3-14(15)9-16-12-29(22(32)33)7-8-30-20(16)10-18(26-30)21(31)28-6-5-17-19(13-28)25-27-24-17/h1-4,10,16H,5-9,12-13H2,(H,32,33)(H,24,25,27). The lowest BCUT2D eigenvalue weighted by molar-refractivity contribution is 0.0724. The molecule has 11 heteroatoms. The summed E-state index contributed by atoms with van der Waals surface area (Å²) in [4.78, 5) is 28.0. The summed E-state index contributed by atoms with van der Waals surface area (Å²) in [5.74, 6) is -0.425. The number of fused-ring (bicyclic) bond motifs is 2. The number of aromatic nitrogens is 5. The van der Waals surface area contributed by atoms with E-state index in [0.29, 0.717) is 43.7 Å². The minimum absolute atomic E-state index is 0.185. The Kier molecular flexibility index (Phi) is 5.26. The van der Waals surface area contributed by atoms with Crippen LogP contribution in [0.5, 0.6) is 0 Å². The van der Waals surface area contributed by atoms with Crippen molar-refractivity contribution in [2.75, 3.05) is 19.6 Å². The smallest absolute Gasteiger partial charge is 0.407 e. The third-order valence-corrected chi connectivity index (χ3v) is 6.31. The molecule has 11 nitrogen and oxygen atoms in total. The Bertz CT molecular complexity index is 1260. The van der Waals surface area contributed by atoms with Gasteiger partial charge in [-0.3, -0.25) is 14.6 Å². The van der Waals surface area contributed by atoms with Crippen molar-refractivity contribution in [3.8, 4) is 6.07 Å². The molecule has 0 fully saturated rings. The quantitative estimate of drug-likeness (QED) is 0.618. The van der Waals surface area contributed by atoms with Gasteiger partial charge in [0.15, 0.2) is 5.69 Å². The van der Waals surface area contributed by atoms with Crippen LogP contribution in [-0.4, -0.2) is 71.7 Å². The Hall–Kier alpha value is -4.20. The van der Waals surface area contributed by atoms with Gasteiger partial charge in [0.25, 0.3) is 5.91 Å². The summed E-state index contributed by atoms with van der Waals surface area (Å²) in [7, 11) is 0. The average molecular weight is 446 g/mol. The maximum Gasteiger partial charge on any atom is 0.407 e. The van der Waals surface area contributed by atoms with Crippen molar-refractivity contribution in [3.63, 3.8) is 0 Å². The summed E-state index contributed by atoms with van der Waals surface area (Å²) in [5, 5.41) is 34.4. The molecule has 0 aliphatic carbocycles. The van der Waals surface area contributed by atoms with Gasteiger partial charge in [-0.25, -0.2) is 4.79 Å². The first-order valence-electron chi connectivity index (χ1n) is 10.7. The first kappa shape index (κ1) is 20.7. The summed E-state index contributed by atoms with van der Waals surface area (Å²) in [6.45, 7) is 1.82. The summed E-state index contributed by atoms with van der Waals surface area (Å²) in [6, 6.07) is 11.3. The molecule has 2 N–H and O–H groups in total. The number of carboxylic acid groups (broad SMARTS) is 1. The van der Waals surface area contributed by atoms with Crippen LogP contribution in [0.15, 0.2) is 30.3 Å². The third kappa shape index (κ3) is 3.91. The molecule has 5 rings (SSSR count). The normalized spacial score (nSPS) is 17.6. The van der Waals surface area contributed by atoms with Crippen molar-refractivity contribution in [3.05, 3.63) is 64.2 Å². The summed E-state index contributed by atoms with van der Waals surface area (Å²) >= 11 is 0. The van der Waals surface area contributed by atoms with Gasteiger partial charge in [0.05, 0.1) is 30.4 Å². The molecule has 2 aromatic heterocycles. The number of carbonyl (C=O) groups is 2. The van der Waals surface area contributed by atoms with E-state index < -0.39 is 6.09 Å². The zero-order chi connectivity index (χ0) is 22.9. The van der Waals surface area contributed by atoms with E-state index in [1.165, 1.54) is 4.90 Å². The van der Waals surface area contributed by atoms with Gasteiger partial charge in [0.2, 0.25) is 0 Å². The fourth-order valence-corrected chi connectivity index (χ4v) is 4.57. The predicted molar refractivity (Wildman–Crippen MR) is 114 cm³/mol. The third-order valence-electron chi connectivity index (χ3n) is 6.31. The monoisotopic (exact) mass is 446 g/mol. The van der Waals surface area contributed by atoms with E-state index in [0.717, 1.165) is 22.6 Å². The van der Waals surface area contributed by atoms with E-state index in [1.807, 2.05) is 12.1 Å². The van der Waals surface area contributed by atoms with Crippen LogP contribution in [0.4, 0.5) is 4.79 Å². The Labute approximate surface area is 189 Å². The number of amides is 2. The molecule has 0 bridgehead atoms. The second-order valence-corrected chi connectivity index (χ2v) is 8.29. The molecule has 0 saturated carbocycles. The van der Waals surface area contributed by atoms with Crippen molar-refractivity contribution in [2.24, 2.45) is 0 Å². The van der Waals surface area contributed by atoms with Crippen LogP contribution < -0.4 is 0 Å². The van der Waals surface area contributed by atoms with E-state index >= 15 is 0 Å². The molecule has 1 aromatic carbocycles. The van der Waals surface area contributed by atoms with Crippen LogP contribution in [0, 0.1) is 11.3 Å². The Balaban J connectivity index is 1.44. The molecule has 1 unspecified atom stereocenters. The summed E-state index contributed by atoms with van der Waals surface area (Å²) in [6.07, 6.45) is 0.133. The van der Waals surface area contributed by atoms with Gasteiger partial charge in [-0.1, -0.05) is 23.4 Å². The number of nitriles is 1. The topological polar surface area (TPSA) is 144 Å². The molecule has 2 aliphatic heterocycles. The Morgan fingerprint density at radius 1 is 1.21 bits per heavy atom. The average Bonchev–Trinajstić information content (AvgIpc) is 3.43. The lowest BCUT2D eigenvalue weighted by Crippen LogP contribution is -2.36. The number of aromatic amines is 1. The molecule has 2 aliphatic rings. The molecular weight excluding hydrogens is 424 g/mol. The number of nitrogens with one attached hydrogen (secondary N) is 1. The van der Waals surface area contributed by atoms with Crippen LogP contribution in [0.25, 0.3) is 0 Å². The Morgan fingerprint density at radius 3 is 2.88 bits per heavy atom. The van der Waals surface area contributed by atoms with E-state index in [1.54, 1.807) is 27.8 Å². The van der Waals surface area contributed by atoms with Crippen LogP contribution in [0.3, 0.4) is 0 Å². The minimum atomic E-state index is -0.993. The number of H-pyrrole nitrogens is 1. The molecule has 3 aromatic rings. The first-order valence-corrected chi connectivity index (χ1v) is 10.7. The first-order chi connectivity index (χ1) is 16.0. The zero-order valence-electron chi connectivity index (χ0n) is 17.8. The molecule has 4 heterocycles. The van der Waals surface area contributed by atoms with Crippen molar-refractivity contribution >= 4 is 12.0 Å². The molecule has 0 radical (unpaired) electrons. The molecule has 168 valence electrons. The van der Waals surface area contributed by atoms with Gasteiger partial charge in [-0.2, -0.15) is 10.4 Å². The number of hydrogen-bond donors (Lipinski definition) is 2. The maximum absolute atomic E-state index is 13.2. The lowest BCUT2D eigenvalue weighted by atomic mass is 9.93. The van der Waals surface area contributed by atoms with Gasteiger partial charge in [-0.15, -0.1) is 5.10 Å². The van der Waals surface area contributed by atoms with Crippen LogP contribution >= 0.6 is 0 Å². The summed E-state index contributed by atoms with van der Waals surface area (Å²) in [5.41, 5.74) is 4.24. The number of rotatable bonds is 3. The number of benzene rings is 1. The van der Waals surface area contributed by atoms with Gasteiger partial charge < -0.3 is 14.9 Å². The van der Waals surface area contributed by atoms with Crippen LogP contribution in [-0.2, 0) is 25.9 Å². The molecule has 0 spiro atoms. The maximum atomic E-state index is 13.2. The highest BCUT2D eigenvalue weighted by Gasteiger charge is 2.31. The zero-order valence-corrected chi connectivity index (χ0v) is 17.8. The second-order valence-electron chi connectivity index (χ2n) is 8.29.